The van der Waals surface area contributed by atoms with Crippen molar-refractivity contribution in [2.24, 2.45) is 0 Å². The highest BCUT2D eigenvalue weighted by atomic mass is 35.5. The number of sulfonamides is 1. The lowest BCUT2D eigenvalue weighted by atomic mass is 10.0. The molecule has 0 unspecified atom stereocenters. The molecule has 0 aromatic heterocycles. The third kappa shape index (κ3) is 8.93. The molecule has 0 saturated carbocycles. The van der Waals surface area contributed by atoms with E-state index in [1.54, 1.807) is 18.2 Å². The Bertz CT molecular complexity index is 1690. The molecule has 45 heavy (non-hydrogen) atoms. The number of nitrogens with one attached hydrogen (secondary N) is 1. The van der Waals surface area contributed by atoms with Crippen molar-refractivity contribution in [3.05, 3.63) is 131 Å². The standard InChI is InChI=1S/C35H37ClFN3O4S/c1-3-4-21-38-35(42)33(22-27-11-7-5-8-12-27)39(24-28-17-15-26(2)16-18-28)34(41)25-40(29-19-20-32(37)31(36)23-29)45(43,44)30-13-9-6-10-14-30/h5-20,23,33H,3-4,21-22,24-25H2,1-2H3,(H,38,42)/t33-/m1/s1. The fraction of sp³-hybridized carbons (Fsp3) is 0.257. The lowest BCUT2D eigenvalue weighted by Crippen LogP contribution is -2.53. The first-order valence-corrected chi connectivity index (χ1v) is 16.6. The van der Waals surface area contributed by atoms with Gasteiger partial charge in [-0.05, 0) is 54.8 Å². The molecule has 0 heterocycles. The van der Waals surface area contributed by atoms with Gasteiger partial charge in [0.2, 0.25) is 11.8 Å². The first-order valence-electron chi connectivity index (χ1n) is 14.8. The second kappa shape index (κ2) is 15.7. The molecule has 0 radical (unpaired) electrons. The van der Waals surface area contributed by atoms with Gasteiger partial charge in [-0.15, -0.1) is 0 Å². The van der Waals surface area contributed by atoms with Crippen LogP contribution in [0.4, 0.5) is 10.1 Å². The third-order valence-electron chi connectivity index (χ3n) is 7.38. The number of benzene rings is 4. The van der Waals surface area contributed by atoms with Crippen LogP contribution in [0, 0.1) is 12.7 Å². The van der Waals surface area contributed by atoms with Crippen LogP contribution >= 0.6 is 11.6 Å². The van der Waals surface area contributed by atoms with Crippen molar-refractivity contribution >= 4 is 39.1 Å². The van der Waals surface area contributed by atoms with Crippen LogP contribution in [0.5, 0.6) is 0 Å². The van der Waals surface area contributed by atoms with Crippen LogP contribution in [-0.2, 0) is 32.6 Å². The predicted octanol–water partition coefficient (Wildman–Crippen LogP) is 6.54. The maximum absolute atomic E-state index is 14.4. The van der Waals surface area contributed by atoms with E-state index >= 15 is 0 Å². The summed E-state index contributed by atoms with van der Waals surface area (Å²) < 4.78 is 43.0. The van der Waals surface area contributed by atoms with E-state index in [4.69, 9.17) is 11.6 Å². The van der Waals surface area contributed by atoms with Gasteiger partial charge in [-0.1, -0.05) is 103 Å². The Morgan fingerprint density at radius 1 is 0.889 bits per heavy atom. The molecule has 4 aromatic carbocycles. The Hall–Kier alpha value is -4.21. The van der Waals surface area contributed by atoms with Gasteiger partial charge in [0.25, 0.3) is 10.0 Å². The zero-order valence-electron chi connectivity index (χ0n) is 25.3. The van der Waals surface area contributed by atoms with Gasteiger partial charge in [0.1, 0.15) is 18.4 Å². The van der Waals surface area contributed by atoms with Gasteiger partial charge < -0.3 is 10.2 Å². The number of carbonyl (C=O) groups is 2. The molecule has 10 heteroatoms. The number of hydrogen-bond donors (Lipinski definition) is 1. The summed E-state index contributed by atoms with van der Waals surface area (Å²) in [5, 5.41) is 2.68. The largest absolute Gasteiger partial charge is 0.354 e. The van der Waals surface area contributed by atoms with Crippen molar-refractivity contribution in [3.8, 4) is 0 Å². The maximum Gasteiger partial charge on any atom is 0.264 e. The molecule has 0 fully saturated rings. The number of amides is 2. The Morgan fingerprint density at radius 2 is 1.53 bits per heavy atom. The molecule has 4 aromatic rings. The van der Waals surface area contributed by atoms with Gasteiger partial charge in [-0.3, -0.25) is 13.9 Å². The Balaban J connectivity index is 1.79. The van der Waals surface area contributed by atoms with E-state index in [-0.39, 0.29) is 34.5 Å². The van der Waals surface area contributed by atoms with E-state index in [0.717, 1.165) is 39.9 Å². The highest BCUT2D eigenvalue weighted by Crippen LogP contribution is 2.28. The minimum Gasteiger partial charge on any atom is -0.354 e. The van der Waals surface area contributed by atoms with E-state index in [9.17, 15) is 22.4 Å². The summed E-state index contributed by atoms with van der Waals surface area (Å²) in [5.74, 6) is -1.67. The maximum atomic E-state index is 14.4. The first kappa shape index (κ1) is 33.7. The lowest BCUT2D eigenvalue weighted by Gasteiger charge is -2.34. The zero-order valence-corrected chi connectivity index (χ0v) is 26.9. The van der Waals surface area contributed by atoms with Gasteiger partial charge >= 0.3 is 0 Å². The summed E-state index contributed by atoms with van der Waals surface area (Å²) in [6.07, 6.45) is 1.86. The Morgan fingerprint density at radius 3 is 2.16 bits per heavy atom. The molecular formula is C35H37ClFN3O4S. The average molecular weight is 650 g/mol. The van der Waals surface area contributed by atoms with Gasteiger partial charge in [-0.2, -0.15) is 0 Å². The molecule has 0 saturated heterocycles. The van der Waals surface area contributed by atoms with Crippen molar-refractivity contribution in [3.63, 3.8) is 0 Å². The van der Waals surface area contributed by atoms with Crippen molar-refractivity contribution in [1.29, 1.82) is 0 Å². The monoisotopic (exact) mass is 649 g/mol. The van der Waals surface area contributed by atoms with Crippen LogP contribution < -0.4 is 9.62 Å². The van der Waals surface area contributed by atoms with E-state index in [0.29, 0.717) is 6.54 Å². The molecule has 0 bridgehead atoms. The SMILES string of the molecule is CCCCNC(=O)[C@@H](Cc1ccccc1)N(Cc1ccc(C)cc1)C(=O)CN(c1ccc(F)c(Cl)c1)S(=O)(=O)c1ccccc1. The van der Waals surface area contributed by atoms with E-state index in [1.165, 1.54) is 29.2 Å². The molecule has 0 aliphatic rings. The minimum absolute atomic E-state index is 0.0147. The van der Waals surface area contributed by atoms with Crippen molar-refractivity contribution in [1.82, 2.24) is 10.2 Å². The number of aryl methyl sites for hydroxylation is 1. The van der Waals surface area contributed by atoms with E-state index < -0.39 is 34.3 Å². The molecule has 1 N–H and O–H groups in total. The topological polar surface area (TPSA) is 86.8 Å². The molecule has 0 aliphatic heterocycles. The summed E-state index contributed by atoms with van der Waals surface area (Å²) in [4.78, 5) is 29.6. The number of halogens is 2. The smallest absolute Gasteiger partial charge is 0.264 e. The van der Waals surface area contributed by atoms with Crippen LogP contribution in [0.3, 0.4) is 0 Å². The van der Waals surface area contributed by atoms with Crippen molar-refractivity contribution in [2.75, 3.05) is 17.4 Å². The third-order valence-corrected chi connectivity index (χ3v) is 9.45. The highest BCUT2D eigenvalue weighted by molar-refractivity contribution is 7.92. The summed E-state index contributed by atoms with van der Waals surface area (Å²) in [6, 6.07) is 27.1. The van der Waals surface area contributed by atoms with Crippen LogP contribution in [0.1, 0.15) is 36.5 Å². The Labute approximate surface area is 269 Å². The number of anilines is 1. The predicted molar refractivity (Wildman–Crippen MR) is 176 cm³/mol. The van der Waals surface area contributed by atoms with Crippen molar-refractivity contribution < 1.29 is 22.4 Å². The summed E-state index contributed by atoms with van der Waals surface area (Å²) in [6.45, 7) is 3.81. The van der Waals surface area contributed by atoms with Gasteiger partial charge in [0.15, 0.2) is 0 Å². The highest BCUT2D eigenvalue weighted by Gasteiger charge is 2.34. The second-order valence-electron chi connectivity index (χ2n) is 10.8. The van der Waals surface area contributed by atoms with E-state index in [1.807, 2.05) is 68.4 Å². The van der Waals surface area contributed by atoms with Crippen LogP contribution in [-0.4, -0.2) is 44.3 Å². The number of carbonyl (C=O) groups excluding carboxylic acids is 2. The molecule has 2 amide bonds. The summed E-state index contributed by atoms with van der Waals surface area (Å²) in [5.41, 5.74) is 2.66. The summed E-state index contributed by atoms with van der Waals surface area (Å²) >= 11 is 6.07. The zero-order chi connectivity index (χ0) is 32.4. The molecule has 0 spiro atoms. The van der Waals surface area contributed by atoms with Gasteiger partial charge in [0, 0.05) is 19.5 Å². The van der Waals surface area contributed by atoms with Crippen molar-refractivity contribution in [2.45, 2.75) is 50.6 Å². The quantitative estimate of drug-likeness (QED) is 0.157. The summed E-state index contributed by atoms with van der Waals surface area (Å²) in [7, 11) is -4.31. The normalized spacial score (nSPS) is 11.9. The molecule has 236 valence electrons. The van der Waals surface area contributed by atoms with Gasteiger partial charge in [0.05, 0.1) is 15.6 Å². The average Bonchev–Trinajstić information content (AvgIpc) is 3.04. The minimum atomic E-state index is -4.31. The van der Waals surface area contributed by atoms with Crippen LogP contribution in [0.25, 0.3) is 0 Å². The molecule has 4 rings (SSSR count). The number of unbranched alkanes of at least 4 members (excludes halogenated alkanes) is 1. The molecular weight excluding hydrogens is 613 g/mol. The fourth-order valence-electron chi connectivity index (χ4n) is 4.84. The molecule has 1 atom stereocenters. The van der Waals surface area contributed by atoms with Crippen LogP contribution in [0.2, 0.25) is 5.02 Å². The second-order valence-corrected chi connectivity index (χ2v) is 13.0. The first-order chi connectivity index (χ1) is 21.6. The van der Waals surface area contributed by atoms with Gasteiger partial charge in [-0.25, -0.2) is 12.8 Å². The Kier molecular flexibility index (Phi) is 11.7. The number of hydrogen-bond acceptors (Lipinski definition) is 4. The van der Waals surface area contributed by atoms with Crippen LogP contribution in [0.15, 0.2) is 108 Å². The molecule has 0 aliphatic carbocycles. The van der Waals surface area contributed by atoms with E-state index in [2.05, 4.69) is 5.32 Å². The lowest BCUT2D eigenvalue weighted by molar-refractivity contribution is -0.140. The number of nitrogens with zero attached hydrogens (tertiary/aromatic N) is 2. The number of rotatable bonds is 14. The molecule has 7 nitrogen and oxygen atoms in total. The fourth-order valence-corrected chi connectivity index (χ4v) is 6.44.